The van der Waals surface area contributed by atoms with Crippen LogP contribution in [0.1, 0.15) is 22.7 Å². The molecular weight excluding hydrogens is 318 g/mol. The highest BCUT2D eigenvalue weighted by molar-refractivity contribution is 6.30. The summed E-state index contributed by atoms with van der Waals surface area (Å²) in [6.45, 7) is 2.11. The molecule has 4 rings (SSSR count). The maximum absolute atomic E-state index is 6.16. The fraction of sp³-hybridized carbons (Fsp3) is 0.143. The van der Waals surface area contributed by atoms with Gasteiger partial charge >= 0.3 is 0 Å². The number of benzene rings is 3. The van der Waals surface area contributed by atoms with Gasteiger partial charge in [0.2, 0.25) is 0 Å². The van der Waals surface area contributed by atoms with Crippen LogP contribution in [0.4, 0.5) is 5.69 Å². The summed E-state index contributed by atoms with van der Waals surface area (Å²) in [6.07, 6.45) is 0.866. The van der Waals surface area contributed by atoms with Crippen molar-refractivity contribution >= 4 is 17.3 Å². The lowest BCUT2D eigenvalue weighted by molar-refractivity contribution is 0.481. The fourth-order valence-corrected chi connectivity index (χ4v) is 3.24. The Hall–Kier alpha value is -2.45. The summed E-state index contributed by atoms with van der Waals surface area (Å²) >= 11 is 6.01. The molecule has 1 aliphatic heterocycles. The number of ether oxygens (including phenoxy) is 1. The molecule has 3 aromatic rings. The number of aryl methyl sites for hydroxylation is 1. The predicted molar refractivity (Wildman–Crippen MR) is 99.2 cm³/mol. The average molecular weight is 336 g/mol. The smallest absolute Gasteiger partial charge is 0.150 e. The number of hydrogen-bond donors (Lipinski definition) is 1. The lowest BCUT2D eigenvalue weighted by Gasteiger charge is -2.19. The van der Waals surface area contributed by atoms with Gasteiger partial charge in [0, 0.05) is 10.6 Å². The van der Waals surface area contributed by atoms with E-state index in [9.17, 15) is 0 Å². The van der Waals surface area contributed by atoms with Crippen molar-refractivity contribution in [3.05, 3.63) is 88.4 Å². The number of anilines is 1. The van der Waals surface area contributed by atoms with Gasteiger partial charge in [-0.1, -0.05) is 53.6 Å². The first kappa shape index (κ1) is 15.1. The average Bonchev–Trinajstić information content (AvgIpc) is 2.73. The molecule has 0 unspecified atom stereocenters. The third-order valence-electron chi connectivity index (χ3n) is 4.33. The Morgan fingerprint density at radius 3 is 2.58 bits per heavy atom. The summed E-state index contributed by atoms with van der Waals surface area (Å²) < 4.78 is 6.16. The molecule has 0 aromatic heterocycles. The van der Waals surface area contributed by atoms with E-state index in [4.69, 9.17) is 16.3 Å². The Morgan fingerprint density at radius 1 is 0.958 bits per heavy atom. The van der Waals surface area contributed by atoms with Crippen molar-refractivity contribution in [1.29, 1.82) is 0 Å². The number of nitrogens with one attached hydrogen (secondary N) is 1. The highest BCUT2D eigenvalue weighted by atomic mass is 35.5. The third kappa shape index (κ3) is 2.98. The fourth-order valence-electron chi connectivity index (χ4n) is 3.11. The SMILES string of the molecule is Cc1ccc2c(c1)[C@@H](Cc1ccc(Cl)cc1)Nc1ccccc1O2. The van der Waals surface area contributed by atoms with Crippen molar-refractivity contribution in [1.82, 2.24) is 0 Å². The zero-order valence-corrected chi connectivity index (χ0v) is 14.2. The molecule has 0 amide bonds. The zero-order chi connectivity index (χ0) is 16.5. The summed E-state index contributed by atoms with van der Waals surface area (Å²) in [7, 11) is 0. The molecule has 0 bridgehead atoms. The molecule has 0 saturated heterocycles. The van der Waals surface area contributed by atoms with Crippen LogP contribution in [0.2, 0.25) is 5.02 Å². The molecular formula is C21H18ClNO. The quantitative estimate of drug-likeness (QED) is 0.606. The number of fused-ring (bicyclic) bond motifs is 2. The van der Waals surface area contributed by atoms with Crippen LogP contribution >= 0.6 is 11.6 Å². The third-order valence-corrected chi connectivity index (χ3v) is 4.58. The Morgan fingerprint density at radius 2 is 1.75 bits per heavy atom. The van der Waals surface area contributed by atoms with E-state index in [0.717, 1.165) is 28.6 Å². The molecule has 0 fully saturated rings. The molecule has 0 spiro atoms. The van der Waals surface area contributed by atoms with Crippen molar-refractivity contribution in [2.75, 3.05) is 5.32 Å². The van der Waals surface area contributed by atoms with E-state index >= 15 is 0 Å². The summed E-state index contributed by atoms with van der Waals surface area (Å²) in [6, 6.07) is 22.6. The molecule has 120 valence electrons. The van der Waals surface area contributed by atoms with Gasteiger partial charge in [-0.15, -0.1) is 0 Å². The predicted octanol–water partition coefficient (Wildman–Crippen LogP) is 6.15. The largest absolute Gasteiger partial charge is 0.455 e. The van der Waals surface area contributed by atoms with Gasteiger partial charge in [0.05, 0.1) is 11.7 Å². The molecule has 24 heavy (non-hydrogen) atoms. The monoisotopic (exact) mass is 335 g/mol. The lowest BCUT2D eigenvalue weighted by Crippen LogP contribution is -2.13. The molecule has 1 N–H and O–H groups in total. The first-order valence-corrected chi connectivity index (χ1v) is 8.45. The minimum Gasteiger partial charge on any atom is -0.455 e. The van der Waals surface area contributed by atoms with Crippen molar-refractivity contribution in [3.8, 4) is 11.5 Å². The van der Waals surface area contributed by atoms with Gasteiger partial charge in [0.1, 0.15) is 5.75 Å². The summed E-state index contributed by atoms with van der Waals surface area (Å²) in [4.78, 5) is 0. The van der Waals surface area contributed by atoms with Crippen LogP contribution in [-0.4, -0.2) is 0 Å². The molecule has 0 saturated carbocycles. The van der Waals surface area contributed by atoms with Crippen molar-refractivity contribution in [3.63, 3.8) is 0 Å². The van der Waals surface area contributed by atoms with Gasteiger partial charge in [0.25, 0.3) is 0 Å². The van der Waals surface area contributed by atoms with Crippen molar-refractivity contribution < 1.29 is 4.74 Å². The van der Waals surface area contributed by atoms with E-state index in [2.05, 4.69) is 48.6 Å². The summed E-state index contributed by atoms with van der Waals surface area (Å²) in [5.41, 5.74) is 4.67. The van der Waals surface area contributed by atoms with Crippen LogP contribution in [-0.2, 0) is 6.42 Å². The highest BCUT2D eigenvalue weighted by Gasteiger charge is 2.23. The molecule has 2 nitrogen and oxygen atoms in total. The second-order valence-electron chi connectivity index (χ2n) is 6.17. The van der Waals surface area contributed by atoms with E-state index in [1.165, 1.54) is 16.7 Å². The summed E-state index contributed by atoms with van der Waals surface area (Å²) in [5, 5.41) is 4.41. The molecule has 3 heteroatoms. The number of para-hydroxylation sites is 2. The van der Waals surface area contributed by atoms with Crippen LogP contribution < -0.4 is 10.1 Å². The first-order chi connectivity index (χ1) is 11.7. The standard InChI is InChI=1S/C21H18ClNO/c1-14-6-11-20-17(12-14)19(13-15-7-9-16(22)10-8-15)23-18-4-2-3-5-21(18)24-20/h2-12,19,23H,13H2,1H3/t19-/m1/s1. The first-order valence-electron chi connectivity index (χ1n) is 8.07. The van der Waals surface area contributed by atoms with Crippen LogP contribution in [0, 0.1) is 6.92 Å². The van der Waals surface area contributed by atoms with Gasteiger partial charge in [-0.25, -0.2) is 0 Å². The maximum atomic E-state index is 6.16. The Kier molecular flexibility index (Phi) is 3.91. The lowest BCUT2D eigenvalue weighted by atomic mass is 9.96. The van der Waals surface area contributed by atoms with Crippen molar-refractivity contribution in [2.45, 2.75) is 19.4 Å². The van der Waals surface area contributed by atoms with E-state index in [0.29, 0.717) is 0 Å². The van der Waals surface area contributed by atoms with Crippen LogP contribution in [0.3, 0.4) is 0 Å². The van der Waals surface area contributed by atoms with E-state index in [1.54, 1.807) is 0 Å². The normalized spacial score (nSPS) is 15.5. The summed E-state index contributed by atoms with van der Waals surface area (Å²) in [5.74, 6) is 1.78. The van der Waals surface area contributed by atoms with Gasteiger partial charge in [-0.3, -0.25) is 0 Å². The molecule has 3 aromatic carbocycles. The van der Waals surface area contributed by atoms with E-state index in [1.807, 2.05) is 30.3 Å². The second kappa shape index (κ2) is 6.21. The highest BCUT2D eigenvalue weighted by Crippen LogP contribution is 2.41. The molecule has 0 radical (unpaired) electrons. The zero-order valence-electron chi connectivity index (χ0n) is 13.4. The van der Waals surface area contributed by atoms with Gasteiger partial charge in [0.15, 0.2) is 5.75 Å². The second-order valence-corrected chi connectivity index (χ2v) is 6.60. The Labute approximate surface area is 147 Å². The number of halogens is 1. The van der Waals surface area contributed by atoms with Gasteiger partial charge in [-0.05, 0) is 49.2 Å². The van der Waals surface area contributed by atoms with Gasteiger partial charge in [-0.2, -0.15) is 0 Å². The van der Waals surface area contributed by atoms with Crippen LogP contribution in [0.25, 0.3) is 0 Å². The van der Waals surface area contributed by atoms with E-state index in [-0.39, 0.29) is 6.04 Å². The molecule has 1 atom stereocenters. The Bertz CT molecular complexity index is 873. The van der Waals surface area contributed by atoms with Crippen LogP contribution in [0.5, 0.6) is 11.5 Å². The molecule has 1 aliphatic rings. The van der Waals surface area contributed by atoms with E-state index < -0.39 is 0 Å². The maximum Gasteiger partial charge on any atom is 0.150 e. The van der Waals surface area contributed by atoms with Gasteiger partial charge < -0.3 is 10.1 Å². The number of hydrogen-bond acceptors (Lipinski definition) is 2. The molecule has 1 heterocycles. The number of rotatable bonds is 2. The van der Waals surface area contributed by atoms with Crippen molar-refractivity contribution in [2.24, 2.45) is 0 Å². The molecule has 0 aliphatic carbocycles. The Balaban J connectivity index is 1.76. The minimum atomic E-state index is 0.143. The topological polar surface area (TPSA) is 21.3 Å². The van der Waals surface area contributed by atoms with Crippen LogP contribution in [0.15, 0.2) is 66.7 Å². The minimum absolute atomic E-state index is 0.143.